The van der Waals surface area contributed by atoms with E-state index in [1.54, 1.807) is 12.1 Å². The first-order chi connectivity index (χ1) is 17.9. The second kappa shape index (κ2) is 9.34. The Morgan fingerprint density at radius 1 is 0.946 bits per heavy atom. The van der Waals surface area contributed by atoms with Crippen molar-refractivity contribution in [3.63, 3.8) is 0 Å². The zero-order valence-corrected chi connectivity index (χ0v) is 21.5. The predicted octanol–water partition coefficient (Wildman–Crippen LogP) is 6.27. The van der Waals surface area contributed by atoms with Crippen LogP contribution in [0, 0.1) is 5.41 Å². The van der Waals surface area contributed by atoms with Crippen molar-refractivity contribution >= 4 is 55.7 Å². The van der Waals surface area contributed by atoms with Crippen molar-refractivity contribution < 1.29 is 28.3 Å². The molecule has 1 aliphatic heterocycles. The number of hydrogen-bond acceptors (Lipinski definition) is 6. The lowest BCUT2D eigenvalue weighted by molar-refractivity contribution is -0.147. The summed E-state index contributed by atoms with van der Waals surface area (Å²) in [6.45, 7) is 0.185. The molecule has 1 spiro atoms. The molecule has 2 heterocycles. The molecule has 1 saturated heterocycles. The third-order valence-corrected chi connectivity index (χ3v) is 7.77. The van der Waals surface area contributed by atoms with Gasteiger partial charge in [-0.3, -0.25) is 9.69 Å². The highest BCUT2D eigenvalue weighted by Gasteiger charge is 2.56. The molecule has 7 nitrogen and oxygen atoms in total. The number of halogens is 1. The van der Waals surface area contributed by atoms with E-state index in [-0.39, 0.29) is 17.8 Å². The summed E-state index contributed by atoms with van der Waals surface area (Å²) in [5.41, 5.74) is 2.53. The summed E-state index contributed by atoms with van der Waals surface area (Å²) in [7, 11) is 0. The van der Waals surface area contributed by atoms with Crippen LogP contribution in [0.15, 0.2) is 75.6 Å². The van der Waals surface area contributed by atoms with Crippen LogP contribution >= 0.6 is 15.9 Å². The first kappa shape index (κ1) is 23.7. The van der Waals surface area contributed by atoms with Gasteiger partial charge in [0.1, 0.15) is 23.8 Å². The lowest BCUT2D eigenvalue weighted by Gasteiger charge is -2.22. The number of benzene rings is 3. The van der Waals surface area contributed by atoms with E-state index in [0.29, 0.717) is 24.1 Å². The Balaban J connectivity index is 1.11. The fourth-order valence-corrected chi connectivity index (χ4v) is 5.38. The molecule has 0 bridgehead atoms. The van der Waals surface area contributed by atoms with Gasteiger partial charge in [0.15, 0.2) is 12.4 Å². The number of esters is 1. The zero-order chi connectivity index (χ0) is 25.6. The normalized spacial score (nSPS) is 17.9. The average molecular weight is 562 g/mol. The molecule has 2 fully saturated rings. The van der Waals surface area contributed by atoms with E-state index >= 15 is 0 Å². The molecule has 1 amide bonds. The maximum atomic E-state index is 13.0. The number of likely N-dealkylation sites (tertiary alicyclic amines) is 1. The molecule has 1 atom stereocenters. The van der Waals surface area contributed by atoms with E-state index in [0.717, 1.165) is 39.2 Å². The Kier molecular flexibility index (Phi) is 5.99. The SMILES string of the molecule is O=C(COC(=O)[C@H]1CC2(CC2)CN1C(=O)OCc1ccccc1)c1ccc2c(c1)oc1cc(Br)ccc12. The van der Waals surface area contributed by atoms with Gasteiger partial charge in [-0.1, -0.05) is 52.3 Å². The quantitative estimate of drug-likeness (QED) is 0.204. The van der Waals surface area contributed by atoms with Gasteiger partial charge in [-0.25, -0.2) is 9.59 Å². The highest BCUT2D eigenvalue weighted by Crippen LogP contribution is 2.55. The minimum Gasteiger partial charge on any atom is -0.456 e. The van der Waals surface area contributed by atoms with Crippen LogP contribution in [0.4, 0.5) is 4.79 Å². The number of amides is 1. The van der Waals surface area contributed by atoms with Crippen LogP contribution in [0.3, 0.4) is 0 Å². The molecular weight excluding hydrogens is 538 g/mol. The van der Waals surface area contributed by atoms with Crippen molar-refractivity contribution in [3.05, 3.63) is 82.3 Å². The van der Waals surface area contributed by atoms with Crippen molar-refractivity contribution in [1.29, 1.82) is 0 Å². The summed E-state index contributed by atoms with van der Waals surface area (Å²) in [4.78, 5) is 40.2. The lowest BCUT2D eigenvalue weighted by Crippen LogP contribution is -2.42. The summed E-state index contributed by atoms with van der Waals surface area (Å²) < 4.78 is 17.7. The maximum Gasteiger partial charge on any atom is 0.410 e. The average Bonchev–Trinajstić information content (AvgIpc) is 3.41. The number of ketones is 1. The highest BCUT2D eigenvalue weighted by molar-refractivity contribution is 9.10. The van der Waals surface area contributed by atoms with Gasteiger partial charge in [0.25, 0.3) is 0 Å². The molecule has 1 saturated carbocycles. The van der Waals surface area contributed by atoms with Crippen LogP contribution in [0.1, 0.15) is 35.2 Å². The van der Waals surface area contributed by atoms with Gasteiger partial charge in [-0.05, 0) is 60.6 Å². The number of carbonyl (C=O) groups excluding carboxylic acids is 3. The maximum absolute atomic E-state index is 13.0. The molecule has 37 heavy (non-hydrogen) atoms. The number of carbonyl (C=O) groups is 3. The van der Waals surface area contributed by atoms with Crippen molar-refractivity contribution in [1.82, 2.24) is 4.90 Å². The molecule has 1 aliphatic carbocycles. The molecule has 4 aromatic rings. The molecule has 3 aromatic carbocycles. The van der Waals surface area contributed by atoms with E-state index in [9.17, 15) is 14.4 Å². The van der Waals surface area contributed by atoms with Crippen LogP contribution in [0.25, 0.3) is 21.9 Å². The standard InChI is InChI=1S/C29H24BrNO6/c30-20-7-9-22-21-8-6-19(12-25(21)37-26(22)13-20)24(32)16-35-27(33)23-14-29(10-11-29)17-31(23)28(34)36-15-18-4-2-1-3-5-18/h1-9,12-13,23H,10-11,14-17H2/t23-/m1/s1. The number of furan rings is 1. The van der Waals surface area contributed by atoms with Crippen molar-refractivity contribution in [2.24, 2.45) is 5.41 Å². The van der Waals surface area contributed by atoms with Crippen LogP contribution < -0.4 is 0 Å². The molecule has 0 N–H and O–H groups in total. The summed E-state index contributed by atoms with van der Waals surface area (Å²) in [6, 6.07) is 19.6. The number of ether oxygens (including phenoxy) is 2. The minimum atomic E-state index is -0.755. The van der Waals surface area contributed by atoms with Crippen molar-refractivity contribution in [2.75, 3.05) is 13.2 Å². The summed E-state index contributed by atoms with van der Waals surface area (Å²) in [6.07, 6.45) is 1.92. The predicted molar refractivity (Wildman–Crippen MR) is 140 cm³/mol. The first-order valence-corrected chi connectivity index (χ1v) is 13.0. The van der Waals surface area contributed by atoms with Crippen LogP contribution in [0.2, 0.25) is 0 Å². The number of nitrogens with zero attached hydrogens (tertiary/aromatic N) is 1. The lowest BCUT2D eigenvalue weighted by atomic mass is 10.0. The van der Waals surface area contributed by atoms with Crippen LogP contribution in [0.5, 0.6) is 0 Å². The topological polar surface area (TPSA) is 86.1 Å². The molecule has 1 aromatic heterocycles. The molecule has 6 rings (SSSR count). The van der Waals surface area contributed by atoms with Gasteiger partial charge in [0.2, 0.25) is 0 Å². The number of Topliss-reactive ketones (excluding diaryl/α,β-unsaturated/α-hetero) is 1. The van der Waals surface area contributed by atoms with E-state index in [2.05, 4.69) is 15.9 Å². The molecule has 0 radical (unpaired) electrons. The van der Waals surface area contributed by atoms with Gasteiger partial charge in [0.05, 0.1) is 0 Å². The Morgan fingerprint density at radius 2 is 1.68 bits per heavy atom. The number of fused-ring (bicyclic) bond motifs is 3. The largest absolute Gasteiger partial charge is 0.456 e. The second-order valence-corrected chi connectivity index (χ2v) is 10.8. The van der Waals surface area contributed by atoms with Crippen LogP contribution in [-0.4, -0.2) is 41.9 Å². The minimum absolute atomic E-state index is 0.0409. The van der Waals surface area contributed by atoms with E-state index in [1.165, 1.54) is 4.90 Å². The fraction of sp³-hybridized carbons (Fsp3) is 0.276. The molecular formula is C29H24BrNO6. The van der Waals surface area contributed by atoms with Gasteiger partial charge in [-0.2, -0.15) is 0 Å². The monoisotopic (exact) mass is 561 g/mol. The second-order valence-electron chi connectivity index (χ2n) is 9.87. The van der Waals surface area contributed by atoms with Crippen molar-refractivity contribution in [2.45, 2.75) is 31.9 Å². The molecule has 2 aliphatic rings. The van der Waals surface area contributed by atoms with Crippen molar-refractivity contribution in [3.8, 4) is 0 Å². The van der Waals surface area contributed by atoms with E-state index in [4.69, 9.17) is 13.9 Å². The molecule has 8 heteroatoms. The van der Waals surface area contributed by atoms with Crippen LogP contribution in [-0.2, 0) is 20.9 Å². The Bertz CT molecular complexity index is 1520. The fourth-order valence-electron chi connectivity index (χ4n) is 5.04. The third kappa shape index (κ3) is 4.73. The Morgan fingerprint density at radius 3 is 2.43 bits per heavy atom. The van der Waals surface area contributed by atoms with Gasteiger partial charge in [0, 0.05) is 27.4 Å². The Hall–Kier alpha value is -3.65. The summed E-state index contributed by atoms with van der Waals surface area (Å²) in [5.74, 6) is -0.919. The third-order valence-electron chi connectivity index (χ3n) is 7.28. The van der Waals surface area contributed by atoms with Gasteiger partial charge >= 0.3 is 12.1 Å². The zero-order valence-electron chi connectivity index (χ0n) is 19.9. The first-order valence-electron chi connectivity index (χ1n) is 12.2. The number of hydrogen-bond donors (Lipinski definition) is 0. The molecule has 0 unspecified atom stereocenters. The highest BCUT2D eigenvalue weighted by atomic mass is 79.9. The van der Waals surface area contributed by atoms with E-state index in [1.807, 2.05) is 54.6 Å². The number of rotatable bonds is 6. The summed E-state index contributed by atoms with van der Waals surface area (Å²) >= 11 is 3.44. The summed E-state index contributed by atoms with van der Waals surface area (Å²) in [5, 5.41) is 1.86. The Labute approximate surface area is 221 Å². The molecule has 188 valence electrons. The van der Waals surface area contributed by atoms with E-state index < -0.39 is 24.7 Å². The van der Waals surface area contributed by atoms with Gasteiger partial charge < -0.3 is 13.9 Å². The smallest absolute Gasteiger partial charge is 0.410 e. The van der Waals surface area contributed by atoms with Gasteiger partial charge in [-0.15, -0.1) is 0 Å².